The van der Waals surface area contributed by atoms with Crippen LogP contribution in [0.15, 0.2) is 15.6 Å². The monoisotopic (exact) mass is 218 g/mol. The molecular weight excluding hydrogens is 208 g/mol. The Hall–Kier alpha value is -0.510. The summed E-state index contributed by atoms with van der Waals surface area (Å²) in [5.41, 5.74) is -0.250. The van der Waals surface area contributed by atoms with Gasteiger partial charge in [-0.3, -0.25) is 4.57 Å². The van der Waals surface area contributed by atoms with E-state index in [1.165, 1.54) is 0 Å². The number of imidazole rings is 1. The molecule has 1 aromatic heterocycles. The molecule has 1 rings (SSSR count). The second-order valence-corrected chi connectivity index (χ2v) is 4.24. The maximum absolute atomic E-state index is 11.2. The Morgan fingerprint density at radius 1 is 1.55 bits per heavy atom. The number of aromatic nitrogens is 2. The second-order valence-electron chi connectivity index (χ2n) is 3.42. The lowest BCUT2D eigenvalue weighted by atomic mass is 10.1. The Labute approximate surface area is 73.6 Å². The Bertz CT molecular complexity index is 305. The van der Waals surface area contributed by atoms with Crippen LogP contribution in [0.25, 0.3) is 0 Å². The highest BCUT2D eigenvalue weighted by Gasteiger charge is 2.17. The summed E-state index contributed by atoms with van der Waals surface area (Å²) in [4.78, 5) is 13.8. The summed E-state index contributed by atoms with van der Waals surface area (Å²) < 4.78 is 2.45. The third-order valence-electron chi connectivity index (χ3n) is 1.40. The molecule has 0 amide bonds. The summed E-state index contributed by atoms with van der Waals surface area (Å²) in [7, 11) is 0. The van der Waals surface area contributed by atoms with Crippen molar-refractivity contribution in [3.05, 3.63) is 21.3 Å². The zero-order chi connectivity index (χ0) is 8.65. The minimum absolute atomic E-state index is 0.0793. The van der Waals surface area contributed by atoms with E-state index in [2.05, 4.69) is 20.9 Å². The normalized spacial score (nSPS) is 12.0. The average molecular weight is 219 g/mol. The molecule has 3 nitrogen and oxygen atoms in total. The van der Waals surface area contributed by atoms with Crippen molar-refractivity contribution in [1.82, 2.24) is 9.55 Å². The number of hydrogen-bond acceptors (Lipinski definition) is 1. The van der Waals surface area contributed by atoms with Crippen LogP contribution in [0, 0.1) is 0 Å². The van der Waals surface area contributed by atoms with E-state index in [9.17, 15) is 4.79 Å². The molecule has 0 aliphatic carbocycles. The third-order valence-corrected chi connectivity index (χ3v) is 1.99. The fraction of sp³-hybridized carbons (Fsp3) is 0.571. The molecule has 0 atom stereocenters. The van der Waals surface area contributed by atoms with Gasteiger partial charge in [0.2, 0.25) is 0 Å². The first-order chi connectivity index (χ1) is 4.93. The van der Waals surface area contributed by atoms with E-state index in [1.54, 1.807) is 10.8 Å². The molecule has 0 aliphatic heterocycles. The van der Waals surface area contributed by atoms with E-state index in [1.807, 2.05) is 20.8 Å². The molecule has 62 valence electrons. The van der Waals surface area contributed by atoms with E-state index in [0.29, 0.717) is 0 Å². The van der Waals surface area contributed by atoms with Crippen molar-refractivity contribution in [2.75, 3.05) is 0 Å². The van der Waals surface area contributed by atoms with Crippen LogP contribution in [-0.4, -0.2) is 9.55 Å². The summed E-state index contributed by atoms with van der Waals surface area (Å²) >= 11 is 3.28. The predicted molar refractivity (Wildman–Crippen MR) is 47.7 cm³/mol. The van der Waals surface area contributed by atoms with Gasteiger partial charge in [-0.2, -0.15) is 0 Å². The molecule has 1 aromatic rings. The van der Waals surface area contributed by atoms with Gasteiger partial charge in [0.25, 0.3) is 0 Å². The Morgan fingerprint density at radius 2 is 2.09 bits per heavy atom. The highest BCUT2D eigenvalue weighted by Crippen LogP contribution is 2.17. The van der Waals surface area contributed by atoms with E-state index >= 15 is 0 Å². The van der Waals surface area contributed by atoms with Crippen LogP contribution < -0.4 is 5.69 Å². The van der Waals surface area contributed by atoms with Gasteiger partial charge in [-0.05, 0) is 36.7 Å². The molecule has 0 aromatic carbocycles. The predicted octanol–water partition coefficient (Wildman–Crippen LogP) is 1.69. The summed E-state index contributed by atoms with van der Waals surface area (Å²) in [6.07, 6.45) is 1.65. The molecule has 0 bridgehead atoms. The lowest BCUT2D eigenvalue weighted by Crippen LogP contribution is -2.32. The number of rotatable bonds is 0. The number of aromatic amines is 1. The van der Waals surface area contributed by atoms with Gasteiger partial charge in [0.05, 0.1) is 0 Å². The SMILES string of the molecule is CC(C)(C)n1c(Br)c[nH]c1=O. The molecule has 1 heterocycles. The highest BCUT2D eigenvalue weighted by molar-refractivity contribution is 9.10. The third kappa shape index (κ3) is 1.56. The van der Waals surface area contributed by atoms with Gasteiger partial charge in [-0.15, -0.1) is 0 Å². The minimum atomic E-state index is -0.171. The van der Waals surface area contributed by atoms with Gasteiger partial charge < -0.3 is 4.98 Å². The molecule has 1 N–H and O–H groups in total. The van der Waals surface area contributed by atoms with Crippen molar-refractivity contribution >= 4 is 15.9 Å². The molecular formula is C7H11BrN2O. The highest BCUT2D eigenvalue weighted by atomic mass is 79.9. The van der Waals surface area contributed by atoms with Crippen molar-refractivity contribution in [2.45, 2.75) is 26.3 Å². The van der Waals surface area contributed by atoms with Gasteiger partial charge in [-0.25, -0.2) is 4.79 Å². The summed E-state index contributed by atoms with van der Waals surface area (Å²) in [6.45, 7) is 5.94. The number of H-pyrrole nitrogens is 1. The molecule has 0 saturated heterocycles. The van der Waals surface area contributed by atoms with Gasteiger partial charge in [0.1, 0.15) is 4.60 Å². The van der Waals surface area contributed by atoms with Crippen LogP contribution in [0.4, 0.5) is 0 Å². The topological polar surface area (TPSA) is 37.8 Å². The van der Waals surface area contributed by atoms with E-state index < -0.39 is 0 Å². The van der Waals surface area contributed by atoms with E-state index in [0.717, 1.165) is 4.60 Å². The number of nitrogens with zero attached hydrogens (tertiary/aromatic N) is 1. The lowest BCUT2D eigenvalue weighted by molar-refractivity contribution is 0.379. The Morgan fingerprint density at radius 3 is 2.27 bits per heavy atom. The van der Waals surface area contributed by atoms with Crippen LogP contribution in [0.2, 0.25) is 0 Å². The van der Waals surface area contributed by atoms with Gasteiger partial charge >= 0.3 is 5.69 Å². The van der Waals surface area contributed by atoms with Crippen LogP contribution in [0.5, 0.6) is 0 Å². The number of nitrogens with one attached hydrogen (secondary N) is 1. The van der Waals surface area contributed by atoms with Crippen molar-refractivity contribution in [3.8, 4) is 0 Å². The van der Waals surface area contributed by atoms with Crippen LogP contribution in [0.3, 0.4) is 0 Å². The molecule has 0 aliphatic rings. The molecule has 0 unspecified atom stereocenters. The standard InChI is InChI=1S/C7H11BrN2O/c1-7(2,3)10-5(8)4-9-6(10)11/h4H,1-3H3,(H,9,11). The first-order valence-corrected chi connectivity index (χ1v) is 4.18. The molecule has 0 radical (unpaired) electrons. The van der Waals surface area contributed by atoms with Crippen LogP contribution >= 0.6 is 15.9 Å². The fourth-order valence-corrected chi connectivity index (χ4v) is 1.78. The minimum Gasteiger partial charge on any atom is -0.312 e. The van der Waals surface area contributed by atoms with Gasteiger partial charge in [0, 0.05) is 11.7 Å². The largest absolute Gasteiger partial charge is 0.326 e. The zero-order valence-electron chi connectivity index (χ0n) is 6.81. The van der Waals surface area contributed by atoms with Gasteiger partial charge in [-0.1, -0.05) is 0 Å². The average Bonchev–Trinajstić information content (AvgIpc) is 2.08. The van der Waals surface area contributed by atoms with Crippen molar-refractivity contribution < 1.29 is 0 Å². The molecule has 4 heteroatoms. The Kier molecular flexibility index (Phi) is 1.96. The Balaban J connectivity index is 3.33. The summed E-state index contributed by atoms with van der Waals surface area (Å²) in [5, 5.41) is 0. The second kappa shape index (κ2) is 2.52. The van der Waals surface area contributed by atoms with E-state index in [-0.39, 0.29) is 11.2 Å². The zero-order valence-corrected chi connectivity index (χ0v) is 8.40. The molecule has 0 saturated carbocycles. The molecule has 0 spiro atoms. The lowest BCUT2D eigenvalue weighted by Gasteiger charge is -2.20. The molecule has 0 fully saturated rings. The summed E-state index contributed by atoms with van der Waals surface area (Å²) in [6, 6.07) is 0. The maximum Gasteiger partial charge on any atom is 0.326 e. The first-order valence-electron chi connectivity index (χ1n) is 3.39. The fourth-order valence-electron chi connectivity index (χ4n) is 0.972. The quantitative estimate of drug-likeness (QED) is 0.708. The first kappa shape index (κ1) is 8.59. The summed E-state index contributed by atoms with van der Waals surface area (Å²) in [5.74, 6) is 0. The van der Waals surface area contributed by atoms with Crippen LogP contribution in [-0.2, 0) is 5.54 Å². The van der Waals surface area contributed by atoms with Crippen LogP contribution in [0.1, 0.15) is 20.8 Å². The number of hydrogen-bond donors (Lipinski definition) is 1. The van der Waals surface area contributed by atoms with Gasteiger partial charge in [0.15, 0.2) is 0 Å². The van der Waals surface area contributed by atoms with Crippen molar-refractivity contribution in [2.24, 2.45) is 0 Å². The number of halogens is 1. The van der Waals surface area contributed by atoms with Crippen molar-refractivity contribution in [1.29, 1.82) is 0 Å². The smallest absolute Gasteiger partial charge is 0.312 e. The molecule has 11 heavy (non-hydrogen) atoms. The van der Waals surface area contributed by atoms with E-state index in [4.69, 9.17) is 0 Å². The van der Waals surface area contributed by atoms with Crippen molar-refractivity contribution in [3.63, 3.8) is 0 Å². The maximum atomic E-state index is 11.2.